The predicted octanol–water partition coefficient (Wildman–Crippen LogP) is 8.32. The average Bonchev–Trinajstić information content (AvgIpc) is 3.18. The van der Waals surface area contributed by atoms with Gasteiger partial charge in [0.1, 0.15) is 0 Å². The van der Waals surface area contributed by atoms with E-state index in [1.165, 1.54) is 24.0 Å². The molecule has 0 amide bonds. The van der Waals surface area contributed by atoms with Crippen LogP contribution in [-0.2, 0) is 19.2 Å². The fourth-order valence-electron chi connectivity index (χ4n) is 3.13. The van der Waals surface area contributed by atoms with E-state index in [-0.39, 0.29) is 39.7 Å². The molecule has 0 radical (unpaired) electrons. The molecule has 178 valence electrons. The van der Waals surface area contributed by atoms with Gasteiger partial charge in [-0.2, -0.15) is 11.1 Å². The van der Waals surface area contributed by atoms with E-state index in [2.05, 4.69) is 79.7 Å². The zero-order valence-corrected chi connectivity index (χ0v) is 25.9. The SMILES string of the molecule is CC(C)CC1=CC(C(C)C)=[C-]C1.CC(C)CC1=CC(C(C)C)=[C-]C1.Cl.Cl.[CH3-].[CH3-].[SiH2]=[Ti]. The molecule has 0 aromatic carbocycles. The molecule has 0 fully saturated rings. The monoisotopic (exact) mass is 506 g/mol. The zero-order chi connectivity index (χ0) is 20.3. The summed E-state index contributed by atoms with van der Waals surface area (Å²) in [7, 11) is 1.86. The van der Waals surface area contributed by atoms with Crippen LogP contribution in [0.25, 0.3) is 0 Å². The Kier molecular flexibility index (Phi) is 30.8. The first kappa shape index (κ1) is 40.8. The van der Waals surface area contributed by atoms with Crippen LogP contribution in [0.1, 0.15) is 81.1 Å². The first-order valence-electron chi connectivity index (χ1n) is 10.1. The summed E-state index contributed by atoms with van der Waals surface area (Å²) in [6.45, 7) is 18.0. The van der Waals surface area contributed by atoms with Gasteiger partial charge in [0, 0.05) is 0 Å². The van der Waals surface area contributed by atoms with Crippen LogP contribution in [0.15, 0.2) is 34.4 Å². The molecule has 0 heterocycles. The molecule has 0 saturated carbocycles. The Bertz CT molecular complexity index is 493. The number of hydrogen-bond donors (Lipinski definition) is 0. The van der Waals surface area contributed by atoms with E-state index >= 15 is 0 Å². The molecule has 0 aromatic rings. The molecule has 0 nitrogen and oxygen atoms in total. The Hall–Kier alpha value is 0.471. The Morgan fingerprint density at radius 3 is 1.13 bits per heavy atom. The van der Waals surface area contributed by atoms with Crippen molar-refractivity contribution in [2.75, 3.05) is 0 Å². The Morgan fingerprint density at radius 1 is 0.700 bits per heavy atom. The van der Waals surface area contributed by atoms with E-state index in [9.17, 15) is 0 Å². The summed E-state index contributed by atoms with van der Waals surface area (Å²) in [4.78, 5) is 0. The molecule has 2 rings (SSSR count). The average molecular weight is 508 g/mol. The summed E-state index contributed by atoms with van der Waals surface area (Å²) in [6, 6.07) is 0. The van der Waals surface area contributed by atoms with Crippen molar-refractivity contribution < 1.29 is 19.2 Å². The van der Waals surface area contributed by atoms with E-state index in [0.29, 0.717) is 11.8 Å². The Morgan fingerprint density at radius 2 is 0.967 bits per heavy atom. The van der Waals surface area contributed by atoms with Crippen LogP contribution in [0.4, 0.5) is 0 Å². The number of halogens is 2. The van der Waals surface area contributed by atoms with Gasteiger partial charge in [0.2, 0.25) is 0 Å². The molecular weight excluding hydrogens is 459 g/mol. The molecule has 2 aliphatic rings. The minimum atomic E-state index is 0. The summed E-state index contributed by atoms with van der Waals surface area (Å²) in [5.41, 5.74) is 5.94. The standard InChI is InChI=1S/2C12H19.2CH3.2ClH.H2Si.Ti/c2*1-9(2)7-11-5-6-12(8-11)10(3)4;;;;;;/h2*8-10H,5,7H2,1-4H3;2*1H3;2*1H;1H2;/q4*-1;;;;. The molecule has 0 saturated heterocycles. The van der Waals surface area contributed by atoms with Crippen molar-refractivity contribution in [3.05, 3.63) is 61.4 Å². The molecule has 0 unspecified atom stereocenters. The third kappa shape index (κ3) is 18.1. The molecule has 30 heavy (non-hydrogen) atoms. The molecule has 4 heteroatoms. The summed E-state index contributed by atoms with van der Waals surface area (Å²) in [6.07, 6.45) is 16.2. The van der Waals surface area contributed by atoms with Crippen LogP contribution >= 0.6 is 24.8 Å². The molecule has 0 spiro atoms. The quantitative estimate of drug-likeness (QED) is 0.251. The van der Waals surface area contributed by atoms with Crippen molar-refractivity contribution in [1.29, 1.82) is 0 Å². The summed E-state index contributed by atoms with van der Waals surface area (Å²) in [5.74, 6) is 2.86. The first-order valence-corrected chi connectivity index (χ1v) is 14.2. The normalized spacial score (nSPS) is 13.8. The maximum absolute atomic E-state index is 3.44. The van der Waals surface area contributed by atoms with Crippen molar-refractivity contribution in [1.82, 2.24) is 0 Å². The summed E-state index contributed by atoms with van der Waals surface area (Å²) in [5, 5.41) is 0. The molecule has 2 aliphatic carbocycles. The van der Waals surface area contributed by atoms with Gasteiger partial charge in [0.15, 0.2) is 0 Å². The van der Waals surface area contributed by atoms with Crippen molar-refractivity contribution in [2.45, 2.75) is 81.1 Å². The fraction of sp³-hybridized carbons (Fsp3) is 0.615. The second-order valence-corrected chi connectivity index (χ2v) is 8.73. The number of rotatable bonds is 6. The van der Waals surface area contributed by atoms with E-state index in [1.807, 2.05) is 26.8 Å². The van der Waals surface area contributed by atoms with Crippen LogP contribution in [-0.4, -0.2) is 7.63 Å². The van der Waals surface area contributed by atoms with Crippen molar-refractivity contribution in [3.63, 3.8) is 0 Å². The zero-order valence-electron chi connectivity index (χ0n) is 21.3. The van der Waals surface area contributed by atoms with Crippen LogP contribution in [0.5, 0.6) is 0 Å². The third-order valence-corrected chi connectivity index (χ3v) is 4.34. The van der Waals surface area contributed by atoms with Crippen LogP contribution in [0.3, 0.4) is 0 Å². The van der Waals surface area contributed by atoms with Gasteiger partial charge in [-0.25, -0.2) is 23.3 Å². The molecule has 0 aromatic heterocycles. The van der Waals surface area contributed by atoms with Gasteiger partial charge in [-0.1, -0.05) is 67.2 Å². The summed E-state index contributed by atoms with van der Waals surface area (Å²) < 4.78 is 0. The fourth-order valence-corrected chi connectivity index (χ4v) is 3.13. The van der Waals surface area contributed by atoms with Gasteiger partial charge in [-0.05, 0) is 24.7 Å². The van der Waals surface area contributed by atoms with Gasteiger partial charge in [-0.3, -0.25) is 12.2 Å². The number of allylic oxidation sites excluding steroid dienone is 8. The summed E-state index contributed by atoms with van der Waals surface area (Å²) >= 11 is 2.03. The Labute approximate surface area is 216 Å². The van der Waals surface area contributed by atoms with E-state index in [1.54, 1.807) is 11.1 Å². The molecule has 0 aliphatic heterocycles. The predicted molar refractivity (Wildman–Crippen MR) is 143 cm³/mol. The van der Waals surface area contributed by atoms with E-state index < -0.39 is 0 Å². The van der Waals surface area contributed by atoms with E-state index in [4.69, 9.17) is 0 Å². The van der Waals surface area contributed by atoms with Crippen LogP contribution in [0, 0.1) is 50.7 Å². The number of hydrogen-bond acceptors (Lipinski definition) is 0. The minimum absolute atomic E-state index is 0. The van der Waals surface area contributed by atoms with Gasteiger partial charge in [0.05, 0.1) is 0 Å². The van der Waals surface area contributed by atoms with Crippen molar-refractivity contribution in [2.24, 2.45) is 23.7 Å². The Balaban J connectivity index is -0.000000114. The second kappa shape index (κ2) is 22.7. The molecule has 0 N–H and O–H groups in total. The molecule has 0 bridgehead atoms. The first-order chi connectivity index (χ1) is 12.2. The van der Waals surface area contributed by atoms with E-state index in [0.717, 1.165) is 24.7 Å². The van der Waals surface area contributed by atoms with Crippen molar-refractivity contribution in [3.8, 4) is 0 Å². The van der Waals surface area contributed by atoms with Gasteiger partial charge in [0.25, 0.3) is 0 Å². The van der Waals surface area contributed by atoms with Crippen LogP contribution < -0.4 is 0 Å². The van der Waals surface area contributed by atoms with Crippen molar-refractivity contribution >= 4 is 32.4 Å². The topological polar surface area (TPSA) is 0 Å². The van der Waals surface area contributed by atoms with Crippen LogP contribution in [0.2, 0.25) is 0 Å². The maximum atomic E-state index is 3.44. The van der Waals surface area contributed by atoms with Gasteiger partial charge < -0.3 is 14.9 Å². The van der Waals surface area contributed by atoms with Gasteiger partial charge >= 0.3 is 26.8 Å². The van der Waals surface area contributed by atoms with Gasteiger partial charge in [-0.15, -0.1) is 37.7 Å². The third-order valence-electron chi connectivity index (χ3n) is 4.34. The molecular formula is C26H48Cl2SiTi-4. The second-order valence-electron chi connectivity index (χ2n) is 8.73. The molecule has 0 atom stereocenters.